The molecule has 8 unspecified atom stereocenters. The standard InChI is InChI=1S/C28H59N5/c1-11-25(7)19-23(21(5)27(9,13-3)32-25)30-17-15-29-16-18-31-24-20-26(8,12-2)33-28(10,14-4)22(24)6/h21-24,29-33H,11-20H2,1-10H3. The molecule has 0 amide bonds. The van der Waals surface area contributed by atoms with Crippen molar-refractivity contribution < 1.29 is 0 Å². The Labute approximate surface area is 206 Å². The van der Waals surface area contributed by atoms with Crippen molar-refractivity contribution in [3.8, 4) is 0 Å². The molecule has 0 aromatic rings. The molecular weight excluding hydrogens is 406 g/mol. The van der Waals surface area contributed by atoms with Gasteiger partial charge in [-0.3, -0.25) is 0 Å². The highest BCUT2D eigenvalue weighted by Gasteiger charge is 2.47. The molecule has 2 fully saturated rings. The smallest absolute Gasteiger partial charge is 0.0196 e. The Balaban J connectivity index is 1.75. The highest BCUT2D eigenvalue weighted by molar-refractivity contribution is 5.07. The van der Waals surface area contributed by atoms with Crippen LogP contribution in [0.1, 0.15) is 108 Å². The first-order valence-electron chi connectivity index (χ1n) is 14.2. The van der Waals surface area contributed by atoms with Crippen LogP contribution in [0.4, 0.5) is 0 Å². The average Bonchev–Trinajstić information content (AvgIpc) is 2.79. The fourth-order valence-electron chi connectivity index (χ4n) is 6.52. The van der Waals surface area contributed by atoms with Crippen molar-refractivity contribution in [1.82, 2.24) is 26.6 Å². The Hall–Kier alpha value is -0.200. The third kappa shape index (κ3) is 6.94. The maximum Gasteiger partial charge on any atom is 0.0196 e. The Morgan fingerprint density at radius 3 is 1.27 bits per heavy atom. The molecule has 0 bridgehead atoms. The fraction of sp³-hybridized carbons (Fsp3) is 1.00. The summed E-state index contributed by atoms with van der Waals surface area (Å²) in [5.74, 6) is 1.26. The predicted octanol–water partition coefficient (Wildman–Crippen LogP) is 4.43. The summed E-state index contributed by atoms with van der Waals surface area (Å²) in [6.07, 6.45) is 7.13. The van der Waals surface area contributed by atoms with E-state index in [1.807, 2.05) is 0 Å². The van der Waals surface area contributed by atoms with Gasteiger partial charge in [0.25, 0.3) is 0 Å². The van der Waals surface area contributed by atoms with E-state index in [0.29, 0.717) is 23.9 Å². The highest BCUT2D eigenvalue weighted by Crippen LogP contribution is 2.38. The molecule has 196 valence electrons. The van der Waals surface area contributed by atoms with Crippen molar-refractivity contribution in [3.05, 3.63) is 0 Å². The van der Waals surface area contributed by atoms with Gasteiger partial charge in [-0.05, 0) is 78.1 Å². The van der Waals surface area contributed by atoms with Gasteiger partial charge in [0.05, 0.1) is 0 Å². The van der Waals surface area contributed by atoms with Gasteiger partial charge in [-0.25, -0.2) is 0 Å². The van der Waals surface area contributed by atoms with E-state index in [9.17, 15) is 0 Å². The van der Waals surface area contributed by atoms with Gasteiger partial charge < -0.3 is 26.6 Å². The lowest BCUT2D eigenvalue weighted by atomic mass is 9.69. The molecular formula is C28H59N5. The van der Waals surface area contributed by atoms with Crippen LogP contribution < -0.4 is 26.6 Å². The van der Waals surface area contributed by atoms with Crippen LogP contribution in [0.25, 0.3) is 0 Å². The first kappa shape index (κ1) is 29.0. The van der Waals surface area contributed by atoms with Crippen molar-refractivity contribution in [2.45, 2.75) is 142 Å². The van der Waals surface area contributed by atoms with E-state index in [4.69, 9.17) is 0 Å². The molecule has 0 saturated carbocycles. The number of nitrogens with one attached hydrogen (secondary N) is 5. The van der Waals surface area contributed by atoms with Crippen LogP contribution in [-0.4, -0.2) is 60.4 Å². The minimum atomic E-state index is 0.212. The summed E-state index contributed by atoms with van der Waals surface area (Å²) in [5, 5.41) is 19.5. The van der Waals surface area contributed by atoms with Crippen LogP contribution in [0.3, 0.4) is 0 Å². The summed E-state index contributed by atoms with van der Waals surface area (Å²) < 4.78 is 0. The molecule has 5 nitrogen and oxygen atoms in total. The van der Waals surface area contributed by atoms with E-state index in [2.05, 4.69) is 95.8 Å². The Bertz CT molecular complexity index is 549. The molecule has 33 heavy (non-hydrogen) atoms. The molecule has 0 aliphatic carbocycles. The van der Waals surface area contributed by atoms with Crippen molar-refractivity contribution in [1.29, 1.82) is 0 Å². The maximum atomic E-state index is 3.99. The predicted molar refractivity (Wildman–Crippen MR) is 145 cm³/mol. The molecule has 0 spiro atoms. The van der Waals surface area contributed by atoms with Gasteiger partial charge in [-0.15, -0.1) is 0 Å². The van der Waals surface area contributed by atoms with Gasteiger partial charge in [-0.2, -0.15) is 0 Å². The Kier molecular flexibility index (Phi) is 10.3. The second-order valence-electron chi connectivity index (χ2n) is 12.5. The SMILES string of the molecule is CCC1(C)CC(NCCNCCNC2CC(C)(CC)NC(C)(CC)C2C)C(C)C(C)(CC)N1. The van der Waals surface area contributed by atoms with Gasteiger partial charge in [0.2, 0.25) is 0 Å². The van der Waals surface area contributed by atoms with E-state index in [-0.39, 0.29) is 22.2 Å². The van der Waals surface area contributed by atoms with Crippen LogP contribution in [-0.2, 0) is 0 Å². The summed E-state index contributed by atoms with van der Waals surface area (Å²) >= 11 is 0. The van der Waals surface area contributed by atoms with Crippen LogP contribution in [0.2, 0.25) is 0 Å². The lowest BCUT2D eigenvalue weighted by molar-refractivity contribution is 0.0584. The van der Waals surface area contributed by atoms with Crippen LogP contribution in [0, 0.1) is 11.8 Å². The molecule has 5 heteroatoms. The minimum Gasteiger partial charge on any atom is -0.314 e. The number of hydrogen-bond donors (Lipinski definition) is 5. The van der Waals surface area contributed by atoms with Crippen LogP contribution in [0.5, 0.6) is 0 Å². The first-order valence-corrected chi connectivity index (χ1v) is 14.2. The number of hydrogen-bond acceptors (Lipinski definition) is 5. The van der Waals surface area contributed by atoms with E-state index in [1.165, 1.54) is 38.5 Å². The molecule has 2 heterocycles. The van der Waals surface area contributed by atoms with Gasteiger partial charge in [0.1, 0.15) is 0 Å². The number of piperidine rings is 2. The van der Waals surface area contributed by atoms with E-state index >= 15 is 0 Å². The summed E-state index contributed by atoms with van der Waals surface area (Å²) in [4.78, 5) is 0. The fourth-order valence-corrected chi connectivity index (χ4v) is 6.52. The average molecular weight is 466 g/mol. The quantitative estimate of drug-likeness (QED) is 0.276. The second-order valence-corrected chi connectivity index (χ2v) is 12.5. The monoisotopic (exact) mass is 465 g/mol. The summed E-state index contributed by atoms with van der Waals surface area (Å²) in [6, 6.07) is 1.16. The normalized spacial score (nSPS) is 44.2. The van der Waals surface area contributed by atoms with Gasteiger partial charge in [0.15, 0.2) is 0 Å². The molecule has 2 saturated heterocycles. The van der Waals surface area contributed by atoms with Gasteiger partial charge in [-0.1, -0.05) is 41.5 Å². The molecule has 2 rings (SSSR count). The van der Waals surface area contributed by atoms with Crippen molar-refractivity contribution in [2.24, 2.45) is 11.8 Å². The minimum absolute atomic E-state index is 0.212. The van der Waals surface area contributed by atoms with Crippen molar-refractivity contribution in [2.75, 3.05) is 26.2 Å². The third-order valence-corrected chi connectivity index (χ3v) is 10.2. The lowest BCUT2D eigenvalue weighted by Crippen LogP contribution is -2.68. The zero-order valence-electron chi connectivity index (χ0n) is 23.9. The topological polar surface area (TPSA) is 60.1 Å². The van der Waals surface area contributed by atoms with Crippen LogP contribution in [0.15, 0.2) is 0 Å². The maximum absolute atomic E-state index is 3.99. The summed E-state index contributed by atoms with van der Waals surface area (Å²) in [7, 11) is 0. The highest BCUT2D eigenvalue weighted by atomic mass is 15.1. The second kappa shape index (κ2) is 11.7. The van der Waals surface area contributed by atoms with Crippen molar-refractivity contribution in [3.63, 3.8) is 0 Å². The molecule has 2 aliphatic rings. The van der Waals surface area contributed by atoms with Gasteiger partial charge in [0, 0.05) is 60.4 Å². The zero-order valence-corrected chi connectivity index (χ0v) is 23.9. The third-order valence-electron chi connectivity index (χ3n) is 10.2. The van der Waals surface area contributed by atoms with E-state index in [1.54, 1.807) is 0 Å². The van der Waals surface area contributed by atoms with Gasteiger partial charge >= 0.3 is 0 Å². The molecule has 0 aromatic carbocycles. The first-order chi connectivity index (χ1) is 15.4. The Morgan fingerprint density at radius 2 is 0.970 bits per heavy atom. The largest absolute Gasteiger partial charge is 0.314 e. The van der Waals surface area contributed by atoms with E-state index < -0.39 is 0 Å². The van der Waals surface area contributed by atoms with Crippen LogP contribution >= 0.6 is 0 Å². The van der Waals surface area contributed by atoms with Crippen molar-refractivity contribution >= 4 is 0 Å². The molecule has 8 atom stereocenters. The van der Waals surface area contributed by atoms with E-state index in [0.717, 1.165) is 26.2 Å². The molecule has 0 radical (unpaired) electrons. The molecule has 0 aromatic heterocycles. The lowest BCUT2D eigenvalue weighted by Gasteiger charge is -2.54. The summed E-state index contributed by atoms with van der Waals surface area (Å²) in [5.41, 5.74) is 0.892. The number of rotatable bonds is 12. The Morgan fingerprint density at radius 1 is 0.606 bits per heavy atom. The summed E-state index contributed by atoms with van der Waals surface area (Å²) in [6.45, 7) is 27.9. The molecule has 5 N–H and O–H groups in total. The zero-order chi connectivity index (χ0) is 24.9. The molecule has 2 aliphatic heterocycles.